The average Bonchev–Trinajstić information content (AvgIpc) is 2.61. The maximum atomic E-state index is 11.7. The molecule has 126 valence electrons. The summed E-state index contributed by atoms with van der Waals surface area (Å²) in [6.45, 7) is 2.07. The summed E-state index contributed by atoms with van der Waals surface area (Å²) in [5, 5.41) is 6.56. The minimum Gasteiger partial charge on any atom is -0.391 e. The molecule has 0 fully saturated rings. The molecule has 24 heavy (non-hydrogen) atoms. The van der Waals surface area contributed by atoms with E-state index in [4.69, 9.17) is 28.0 Å². The molecule has 0 spiro atoms. The van der Waals surface area contributed by atoms with Crippen molar-refractivity contribution in [3.8, 4) is 0 Å². The fraction of sp³-hybridized carbons (Fsp3) is 0.222. The Morgan fingerprint density at radius 3 is 2.54 bits per heavy atom. The fourth-order valence-electron chi connectivity index (χ4n) is 2.12. The van der Waals surface area contributed by atoms with Crippen molar-refractivity contribution in [1.82, 2.24) is 5.32 Å². The lowest BCUT2D eigenvalue weighted by molar-refractivity contribution is -0.120. The van der Waals surface area contributed by atoms with Crippen molar-refractivity contribution in [2.24, 2.45) is 5.16 Å². The molecule has 1 atom stereocenters. The summed E-state index contributed by atoms with van der Waals surface area (Å²) < 4.78 is 0. The van der Waals surface area contributed by atoms with Crippen molar-refractivity contribution in [3.05, 3.63) is 70.2 Å². The van der Waals surface area contributed by atoms with E-state index in [9.17, 15) is 4.79 Å². The molecule has 0 aliphatic heterocycles. The SMILES string of the molecule is CNC(=O)C(Cl)c1ccccc1CON=C(C)c1ccc(Cl)cc1. The van der Waals surface area contributed by atoms with Gasteiger partial charge < -0.3 is 10.2 Å². The number of amides is 1. The molecular weight excluding hydrogens is 347 g/mol. The van der Waals surface area contributed by atoms with Gasteiger partial charge >= 0.3 is 0 Å². The van der Waals surface area contributed by atoms with Gasteiger partial charge in [0.1, 0.15) is 12.0 Å². The number of benzene rings is 2. The van der Waals surface area contributed by atoms with Gasteiger partial charge in [-0.3, -0.25) is 4.79 Å². The van der Waals surface area contributed by atoms with Gasteiger partial charge in [0.15, 0.2) is 0 Å². The van der Waals surface area contributed by atoms with Crippen LogP contribution in [0.25, 0.3) is 0 Å². The number of hydrogen-bond acceptors (Lipinski definition) is 3. The third-order valence-corrected chi connectivity index (χ3v) is 4.17. The number of nitrogens with zero attached hydrogens (tertiary/aromatic N) is 1. The second-order valence-electron chi connectivity index (χ2n) is 5.13. The second-order valence-corrected chi connectivity index (χ2v) is 6.01. The molecule has 0 bridgehead atoms. The van der Waals surface area contributed by atoms with Gasteiger partial charge in [-0.05, 0) is 35.7 Å². The van der Waals surface area contributed by atoms with Crippen LogP contribution in [0.3, 0.4) is 0 Å². The van der Waals surface area contributed by atoms with Crippen molar-refractivity contribution >= 4 is 34.8 Å². The maximum Gasteiger partial charge on any atom is 0.242 e. The molecule has 4 nitrogen and oxygen atoms in total. The summed E-state index contributed by atoms with van der Waals surface area (Å²) in [5.74, 6) is -0.259. The number of nitrogens with one attached hydrogen (secondary N) is 1. The van der Waals surface area contributed by atoms with Crippen LogP contribution in [0.15, 0.2) is 53.7 Å². The number of hydrogen-bond donors (Lipinski definition) is 1. The lowest BCUT2D eigenvalue weighted by atomic mass is 10.0. The summed E-state index contributed by atoms with van der Waals surface area (Å²) in [4.78, 5) is 17.2. The number of carbonyl (C=O) groups excluding carboxylic acids is 1. The zero-order valence-electron chi connectivity index (χ0n) is 13.4. The van der Waals surface area contributed by atoms with Crippen LogP contribution in [0.4, 0.5) is 0 Å². The van der Waals surface area contributed by atoms with Crippen LogP contribution < -0.4 is 5.32 Å². The summed E-state index contributed by atoms with van der Waals surface area (Å²) in [5.41, 5.74) is 3.18. The highest BCUT2D eigenvalue weighted by Gasteiger charge is 2.19. The van der Waals surface area contributed by atoms with Crippen molar-refractivity contribution in [2.45, 2.75) is 18.9 Å². The second kappa shape index (κ2) is 8.71. The van der Waals surface area contributed by atoms with Gasteiger partial charge in [-0.2, -0.15) is 0 Å². The van der Waals surface area contributed by atoms with Crippen LogP contribution in [-0.4, -0.2) is 18.7 Å². The first-order chi connectivity index (χ1) is 11.5. The number of carbonyl (C=O) groups is 1. The lowest BCUT2D eigenvalue weighted by Gasteiger charge is -2.13. The van der Waals surface area contributed by atoms with Gasteiger partial charge in [0.05, 0.1) is 5.71 Å². The van der Waals surface area contributed by atoms with Gasteiger partial charge in [0, 0.05) is 12.1 Å². The monoisotopic (exact) mass is 364 g/mol. The van der Waals surface area contributed by atoms with Gasteiger partial charge in [0.25, 0.3) is 0 Å². The molecule has 0 heterocycles. The highest BCUT2D eigenvalue weighted by Crippen LogP contribution is 2.25. The van der Waals surface area contributed by atoms with Crippen LogP contribution in [0.5, 0.6) is 0 Å². The third-order valence-electron chi connectivity index (χ3n) is 3.49. The first-order valence-corrected chi connectivity index (χ1v) is 8.20. The molecular formula is C18H18Cl2N2O2. The minimum atomic E-state index is -0.767. The molecule has 1 unspecified atom stereocenters. The predicted octanol–water partition coefficient (Wildman–Crippen LogP) is 4.31. The maximum absolute atomic E-state index is 11.7. The molecule has 0 aliphatic carbocycles. The Morgan fingerprint density at radius 2 is 1.88 bits per heavy atom. The van der Waals surface area contributed by atoms with E-state index in [1.807, 2.05) is 37.3 Å². The van der Waals surface area contributed by atoms with Crippen LogP contribution in [0.2, 0.25) is 5.02 Å². The van der Waals surface area contributed by atoms with Crippen LogP contribution in [0.1, 0.15) is 29.0 Å². The van der Waals surface area contributed by atoms with Gasteiger partial charge in [0.2, 0.25) is 5.91 Å². The number of halogens is 2. The quantitative estimate of drug-likeness (QED) is 0.471. The van der Waals surface area contributed by atoms with E-state index in [1.54, 1.807) is 25.2 Å². The van der Waals surface area contributed by atoms with Crippen molar-refractivity contribution < 1.29 is 9.63 Å². The number of alkyl halides is 1. The van der Waals surface area contributed by atoms with Crippen LogP contribution in [0, 0.1) is 0 Å². The number of rotatable bonds is 6. The van der Waals surface area contributed by atoms with E-state index in [0.29, 0.717) is 10.6 Å². The van der Waals surface area contributed by atoms with E-state index in [2.05, 4.69) is 10.5 Å². The van der Waals surface area contributed by atoms with Gasteiger partial charge in [-0.25, -0.2) is 0 Å². The van der Waals surface area contributed by atoms with E-state index in [-0.39, 0.29) is 12.5 Å². The van der Waals surface area contributed by atoms with Crippen LogP contribution in [-0.2, 0) is 16.2 Å². The Kier molecular flexibility index (Phi) is 6.64. The Hall–Kier alpha value is -2.04. The standard InChI is InChI=1S/C18H18Cl2N2O2/c1-12(13-7-9-15(19)10-8-13)22-24-11-14-5-3-4-6-16(14)17(20)18(23)21-2/h3-10,17H,11H2,1-2H3,(H,21,23). The number of likely N-dealkylation sites (N-methyl/N-ethyl adjacent to an activating group) is 1. The normalized spacial score (nSPS) is 12.6. The topological polar surface area (TPSA) is 50.7 Å². The first-order valence-electron chi connectivity index (χ1n) is 7.39. The molecule has 0 saturated heterocycles. The predicted molar refractivity (Wildman–Crippen MR) is 97.6 cm³/mol. The van der Waals surface area contributed by atoms with E-state index >= 15 is 0 Å². The van der Waals surface area contributed by atoms with Gasteiger partial charge in [-0.15, -0.1) is 11.6 Å². The largest absolute Gasteiger partial charge is 0.391 e. The van der Waals surface area contributed by atoms with Crippen molar-refractivity contribution in [2.75, 3.05) is 7.05 Å². The summed E-state index contributed by atoms with van der Waals surface area (Å²) in [7, 11) is 1.55. The summed E-state index contributed by atoms with van der Waals surface area (Å²) >= 11 is 12.1. The van der Waals surface area contributed by atoms with E-state index < -0.39 is 5.38 Å². The summed E-state index contributed by atoms with van der Waals surface area (Å²) in [6.07, 6.45) is 0. The Morgan fingerprint density at radius 1 is 1.21 bits per heavy atom. The molecule has 2 aromatic carbocycles. The first kappa shape index (κ1) is 18.3. The molecule has 6 heteroatoms. The van der Waals surface area contributed by atoms with Crippen molar-refractivity contribution in [1.29, 1.82) is 0 Å². The summed E-state index contributed by atoms with van der Waals surface area (Å²) in [6, 6.07) is 14.7. The molecule has 1 N–H and O–H groups in total. The van der Waals surface area contributed by atoms with Crippen molar-refractivity contribution in [3.63, 3.8) is 0 Å². The lowest BCUT2D eigenvalue weighted by Crippen LogP contribution is -2.23. The van der Waals surface area contributed by atoms with Gasteiger partial charge in [-0.1, -0.05) is 53.2 Å². The molecule has 0 aromatic heterocycles. The third kappa shape index (κ3) is 4.73. The highest BCUT2D eigenvalue weighted by molar-refractivity contribution is 6.31. The molecule has 2 rings (SSSR count). The minimum absolute atomic E-state index is 0.224. The molecule has 0 saturated carbocycles. The highest BCUT2D eigenvalue weighted by atomic mass is 35.5. The van der Waals surface area contributed by atoms with E-state index in [1.165, 1.54) is 0 Å². The number of oxime groups is 1. The molecule has 0 radical (unpaired) electrons. The Bertz CT molecular complexity index is 730. The molecule has 2 aromatic rings. The van der Waals surface area contributed by atoms with E-state index in [0.717, 1.165) is 16.8 Å². The fourth-order valence-corrected chi connectivity index (χ4v) is 2.57. The van der Waals surface area contributed by atoms with Crippen LogP contribution >= 0.6 is 23.2 Å². The molecule has 1 amide bonds. The zero-order chi connectivity index (χ0) is 17.5. The molecule has 0 aliphatic rings. The Labute approximate surface area is 151 Å². The Balaban J connectivity index is 2.08. The zero-order valence-corrected chi connectivity index (χ0v) is 14.9. The average molecular weight is 365 g/mol. The smallest absolute Gasteiger partial charge is 0.242 e.